The maximum absolute atomic E-state index is 13.4. The molecule has 2 unspecified atom stereocenters. The van der Waals surface area contributed by atoms with Crippen LogP contribution in [0.15, 0.2) is 54.6 Å². The van der Waals surface area contributed by atoms with Crippen LogP contribution in [0, 0.1) is 5.92 Å². The van der Waals surface area contributed by atoms with Crippen LogP contribution in [-0.4, -0.2) is 59.2 Å². The number of likely N-dealkylation sites (N-methyl/N-ethyl adjacent to an activating group) is 1. The van der Waals surface area contributed by atoms with Crippen molar-refractivity contribution in [2.75, 3.05) is 13.7 Å². The zero-order chi connectivity index (χ0) is 30.0. The molecule has 0 spiro atoms. The Labute approximate surface area is 254 Å². The number of ether oxygens (including phenoxy) is 1. The first kappa shape index (κ1) is 31.8. The topological polar surface area (TPSA) is 108 Å². The van der Waals surface area contributed by atoms with Crippen LogP contribution < -0.4 is 10.6 Å². The first-order chi connectivity index (χ1) is 20.3. The second-order valence-electron chi connectivity index (χ2n) is 11.9. The number of aliphatic hydroxyl groups excluding tert-OH is 1. The van der Waals surface area contributed by atoms with E-state index in [1.54, 1.807) is 18.2 Å². The second kappa shape index (κ2) is 15.4. The molecule has 0 aliphatic heterocycles. The summed E-state index contributed by atoms with van der Waals surface area (Å²) >= 11 is 6.02. The molecule has 2 aliphatic carbocycles. The van der Waals surface area contributed by atoms with Crippen molar-refractivity contribution in [2.45, 2.75) is 94.9 Å². The van der Waals surface area contributed by atoms with Gasteiger partial charge in [0, 0.05) is 24.0 Å². The highest BCUT2D eigenvalue weighted by atomic mass is 35.5. The minimum Gasteiger partial charge on any atom is -0.445 e. The lowest BCUT2D eigenvalue weighted by atomic mass is 9.84. The van der Waals surface area contributed by atoms with Gasteiger partial charge in [-0.2, -0.15) is 0 Å². The summed E-state index contributed by atoms with van der Waals surface area (Å²) in [4.78, 5) is 41.0. The van der Waals surface area contributed by atoms with E-state index in [2.05, 4.69) is 22.8 Å². The third-order valence-electron chi connectivity index (χ3n) is 8.72. The first-order valence-corrected chi connectivity index (χ1v) is 15.6. The molecule has 0 saturated heterocycles. The quantitative estimate of drug-likeness (QED) is 0.270. The number of carbonyl (C=O) groups excluding carboxylic acids is 3. The fraction of sp³-hybridized carbons (Fsp3) is 0.545. The standard InChI is InChI=1S/C33H44ClN3O5/c1-37(33(17-18-33)21-25-11-6-3-7-12-25)30(39)16-15-28(22-38)35-31(40)29(20-24-9-4-2-5-10-24)36-32(41)42-23-26-13-8-14-27(34)19-26/h3,6-8,11-14,19,24,28-29,38H,2,4-5,9-10,15-18,20-23H2,1H3,(H,35,40)(H,36,41). The molecule has 9 heteroatoms. The van der Waals surface area contributed by atoms with Crippen molar-refractivity contribution in [3.05, 3.63) is 70.7 Å². The number of rotatable bonds is 14. The van der Waals surface area contributed by atoms with Crippen molar-refractivity contribution in [1.82, 2.24) is 15.5 Å². The molecule has 2 fully saturated rings. The van der Waals surface area contributed by atoms with Crippen LogP contribution in [0.5, 0.6) is 0 Å². The number of hydrogen-bond donors (Lipinski definition) is 3. The number of nitrogens with one attached hydrogen (secondary N) is 2. The molecule has 42 heavy (non-hydrogen) atoms. The Morgan fingerprint density at radius 2 is 1.74 bits per heavy atom. The van der Waals surface area contributed by atoms with Crippen LogP contribution in [0.3, 0.4) is 0 Å². The average molecular weight is 598 g/mol. The fourth-order valence-corrected chi connectivity index (χ4v) is 6.15. The van der Waals surface area contributed by atoms with Gasteiger partial charge in [-0.3, -0.25) is 9.59 Å². The number of amides is 3. The summed E-state index contributed by atoms with van der Waals surface area (Å²) in [5, 5.41) is 16.2. The van der Waals surface area contributed by atoms with Crippen LogP contribution in [0.2, 0.25) is 5.02 Å². The molecule has 2 aromatic rings. The molecule has 0 radical (unpaired) electrons. The molecule has 3 amide bonds. The van der Waals surface area contributed by atoms with Crippen LogP contribution in [0.25, 0.3) is 0 Å². The van der Waals surface area contributed by atoms with E-state index in [4.69, 9.17) is 16.3 Å². The Kier molecular flexibility index (Phi) is 11.7. The summed E-state index contributed by atoms with van der Waals surface area (Å²) in [5.41, 5.74) is 1.80. The Bertz CT molecular complexity index is 1180. The van der Waals surface area contributed by atoms with Crippen molar-refractivity contribution in [1.29, 1.82) is 0 Å². The molecule has 2 saturated carbocycles. The number of alkyl carbamates (subject to hydrolysis) is 1. The maximum Gasteiger partial charge on any atom is 0.408 e. The van der Waals surface area contributed by atoms with Gasteiger partial charge in [0.1, 0.15) is 12.6 Å². The van der Waals surface area contributed by atoms with Crippen molar-refractivity contribution in [2.24, 2.45) is 5.92 Å². The van der Waals surface area contributed by atoms with E-state index in [0.717, 1.165) is 50.5 Å². The Balaban J connectivity index is 1.30. The number of carbonyl (C=O) groups is 3. The lowest BCUT2D eigenvalue weighted by Crippen LogP contribution is -2.51. The highest BCUT2D eigenvalue weighted by molar-refractivity contribution is 6.30. The third-order valence-corrected chi connectivity index (χ3v) is 8.96. The molecule has 2 atom stereocenters. The largest absolute Gasteiger partial charge is 0.445 e. The van der Waals surface area contributed by atoms with Gasteiger partial charge in [-0.1, -0.05) is 86.2 Å². The van der Waals surface area contributed by atoms with Gasteiger partial charge in [0.15, 0.2) is 0 Å². The van der Waals surface area contributed by atoms with Gasteiger partial charge < -0.3 is 25.4 Å². The van der Waals surface area contributed by atoms with Gasteiger partial charge in [0.05, 0.1) is 12.6 Å². The maximum atomic E-state index is 13.4. The fourth-order valence-electron chi connectivity index (χ4n) is 5.94. The number of aliphatic hydroxyl groups is 1. The van der Waals surface area contributed by atoms with Crippen molar-refractivity contribution < 1.29 is 24.2 Å². The molecule has 0 aromatic heterocycles. The molecular weight excluding hydrogens is 554 g/mol. The van der Waals surface area contributed by atoms with Gasteiger partial charge >= 0.3 is 6.09 Å². The van der Waals surface area contributed by atoms with Crippen molar-refractivity contribution >= 4 is 29.5 Å². The summed E-state index contributed by atoms with van der Waals surface area (Å²) in [6.07, 6.45) is 8.51. The molecule has 4 rings (SSSR count). The lowest BCUT2D eigenvalue weighted by molar-refractivity contribution is -0.133. The normalized spacial score (nSPS) is 17.5. The minimum atomic E-state index is -0.798. The van der Waals surface area contributed by atoms with Gasteiger partial charge in [-0.25, -0.2) is 4.79 Å². The first-order valence-electron chi connectivity index (χ1n) is 15.2. The van der Waals surface area contributed by atoms with Crippen LogP contribution >= 0.6 is 11.6 Å². The van der Waals surface area contributed by atoms with Crippen LogP contribution in [0.4, 0.5) is 4.79 Å². The number of hydrogen-bond acceptors (Lipinski definition) is 5. The van der Waals surface area contributed by atoms with E-state index in [-0.39, 0.29) is 37.0 Å². The monoisotopic (exact) mass is 597 g/mol. The smallest absolute Gasteiger partial charge is 0.408 e. The number of halogens is 1. The Morgan fingerprint density at radius 1 is 1.02 bits per heavy atom. The summed E-state index contributed by atoms with van der Waals surface area (Å²) in [7, 11) is 1.85. The molecular formula is C33H44ClN3O5. The van der Waals surface area contributed by atoms with E-state index in [0.29, 0.717) is 23.8 Å². The lowest BCUT2D eigenvalue weighted by Gasteiger charge is -2.30. The Morgan fingerprint density at radius 3 is 2.40 bits per heavy atom. The van der Waals surface area contributed by atoms with E-state index in [1.807, 2.05) is 36.2 Å². The SMILES string of the molecule is CN(C(=O)CCC(CO)NC(=O)C(CC1CCCCC1)NC(=O)OCc1cccc(Cl)c1)C1(Cc2ccccc2)CC1. The van der Waals surface area contributed by atoms with Gasteiger partial charge in [0.25, 0.3) is 0 Å². The number of nitrogens with zero attached hydrogens (tertiary/aromatic N) is 1. The summed E-state index contributed by atoms with van der Waals surface area (Å²) < 4.78 is 5.38. The van der Waals surface area contributed by atoms with Crippen LogP contribution in [-0.2, 0) is 27.4 Å². The van der Waals surface area contributed by atoms with E-state index >= 15 is 0 Å². The summed E-state index contributed by atoms with van der Waals surface area (Å²) in [6, 6.07) is 15.8. The van der Waals surface area contributed by atoms with Gasteiger partial charge in [-0.05, 0) is 61.3 Å². The Hall–Kier alpha value is -3.10. The third kappa shape index (κ3) is 9.46. The van der Waals surface area contributed by atoms with E-state index in [9.17, 15) is 19.5 Å². The predicted octanol–water partition coefficient (Wildman–Crippen LogP) is 5.40. The average Bonchev–Trinajstić information content (AvgIpc) is 3.78. The molecule has 0 heterocycles. The highest BCUT2D eigenvalue weighted by Gasteiger charge is 2.48. The summed E-state index contributed by atoms with van der Waals surface area (Å²) in [6.45, 7) is -0.266. The van der Waals surface area contributed by atoms with Gasteiger partial charge in [-0.15, -0.1) is 0 Å². The van der Waals surface area contributed by atoms with Crippen molar-refractivity contribution in [3.8, 4) is 0 Å². The number of benzene rings is 2. The minimum absolute atomic E-state index is 0.00222. The zero-order valence-corrected chi connectivity index (χ0v) is 25.3. The van der Waals surface area contributed by atoms with Crippen molar-refractivity contribution in [3.63, 3.8) is 0 Å². The highest BCUT2D eigenvalue weighted by Crippen LogP contribution is 2.44. The molecule has 0 bridgehead atoms. The zero-order valence-electron chi connectivity index (χ0n) is 24.5. The summed E-state index contributed by atoms with van der Waals surface area (Å²) in [5.74, 6) is -0.0506. The predicted molar refractivity (Wildman–Crippen MR) is 163 cm³/mol. The van der Waals surface area contributed by atoms with Crippen LogP contribution in [0.1, 0.15) is 75.3 Å². The molecule has 3 N–H and O–H groups in total. The molecule has 2 aromatic carbocycles. The molecule has 2 aliphatic rings. The molecule has 8 nitrogen and oxygen atoms in total. The van der Waals surface area contributed by atoms with E-state index in [1.165, 1.54) is 12.0 Å². The van der Waals surface area contributed by atoms with Gasteiger partial charge in [0.2, 0.25) is 11.8 Å². The molecule has 228 valence electrons. The van der Waals surface area contributed by atoms with E-state index < -0.39 is 18.2 Å². The second-order valence-corrected chi connectivity index (χ2v) is 12.3.